The molecule has 2 aromatic rings. The van der Waals surface area contributed by atoms with E-state index in [1.54, 1.807) is 24.3 Å². The zero-order valence-corrected chi connectivity index (χ0v) is 17.3. The number of benzene rings is 2. The summed E-state index contributed by atoms with van der Waals surface area (Å²) in [7, 11) is 4.57. The van der Waals surface area contributed by atoms with Gasteiger partial charge >= 0.3 is 0 Å². The van der Waals surface area contributed by atoms with Crippen LogP contribution in [0.1, 0.15) is 28.8 Å². The molecule has 1 heterocycles. The predicted molar refractivity (Wildman–Crippen MR) is 106 cm³/mol. The van der Waals surface area contributed by atoms with E-state index in [0.717, 1.165) is 42.8 Å². The minimum atomic E-state index is -0.132. The fraction of sp³-hybridized carbons (Fsp3) is 0.381. The number of halogens is 2. The van der Waals surface area contributed by atoms with Crippen LogP contribution in [0.5, 0.6) is 0 Å². The first-order valence-electron chi connectivity index (χ1n) is 9.00. The molecule has 146 valence electrons. The van der Waals surface area contributed by atoms with Gasteiger partial charge in [0, 0.05) is 34.7 Å². The van der Waals surface area contributed by atoms with E-state index in [0.29, 0.717) is 16.6 Å². The molecule has 0 aromatic heterocycles. The van der Waals surface area contributed by atoms with E-state index in [4.69, 9.17) is 16.3 Å². The number of anilines is 1. The molecule has 1 N–H and O–H groups in total. The molecule has 6 heteroatoms. The first-order chi connectivity index (χ1) is 12.4. The molecule has 1 amide bonds. The Morgan fingerprint density at radius 3 is 2.26 bits per heavy atom. The van der Waals surface area contributed by atoms with Crippen molar-refractivity contribution in [3.05, 3.63) is 64.7 Å². The topological polar surface area (TPSA) is 38.3 Å². The van der Waals surface area contributed by atoms with E-state index in [1.807, 2.05) is 12.1 Å². The van der Waals surface area contributed by atoms with Crippen LogP contribution in [0.3, 0.4) is 0 Å². The van der Waals surface area contributed by atoms with Crippen molar-refractivity contribution in [2.24, 2.45) is 0 Å². The van der Waals surface area contributed by atoms with Crippen LogP contribution < -0.4 is 17.7 Å². The summed E-state index contributed by atoms with van der Waals surface area (Å²) in [5.74, 6) is -0.132. The van der Waals surface area contributed by atoms with Gasteiger partial charge in [0.2, 0.25) is 0 Å². The molecule has 0 radical (unpaired) electrons. The molecule has 1 aliphatic heterocycles. The number of carbonyl (C=O) groups excluding carboxylic acids is 1. The number of rotatable bonds is 5. The van der Waals surface area contributed by atoms with Gasteiger partial charge in [-0.15, -0.1) is 0 Å². The summed E-state index contributed by atoms with van der Waals surface area (Å²) in [6.07, 6.45) is 2.23. The Hall–Kier alpha value is -1.59. The highest BCUT2D eigenvalue weighted by molar-refractivity contribution is 6.30. The van der Waals surface area contributed by atoms with Crippen molar-refractivity contribution in [2.45, 2.75) is 25.4 Å². The van der Waals surface area contributed by atoms with Crippen LogP contribution in [0.4, 0.5) is 5.69 Å². The molecule has 2 aromatic carbocycles. The lowest BCUT2D eigenvalue weighted by atomic mass is 10.0. The summed E-state index contributed by atoms with van der Waals surface area (Å²) < 4.78 is 6.44. The summed E-state index contributed by atoms with van der Waals surface area (Å²) in [5.41, 5.74) is 2.66. The number of carbonyl (C=O) groups is 1. The molecule has 4 nitrogen and oxygen atoms in total. The average Bonchev–Trinajstić information content (AvgIpc) is 2.64. The molecule has 0 spiro atoms. The largest absolute Gasteiger partial charge is 1.00 e. The highest BCUT2D eigenvalue weighted by Gasteiger charge is 2.30. The third kappa shape index (κ3) is 5.94. The lowest BCUT2D eigenvalue weighted by molar-refractivity contribution is -0.929. The number of hydrogen-bond acceptors (Lipinski definition) is 2. The first-order valence-corrected chi connectivity index (χ1v) is 9.38. The van der Waals surface area contributed by atoms with Crippen molar-refractivity contribution in [1.82, 2.24) is 0 Å². The molecule has 1 saturated heterocycles. The van der Waals surface area contributed by atoms with Gasteiger partial charge in [0.05, 0.1) is 33.4 Å². The van der Waals surface area contributed by atoms with Gasteiger partial charge < -0.3 is 26.9 Å². The molecule has 3 rings (SSSR count). The lowest BCUT2D eigenvalue weighted by Gasteiger charge is -2.40. The van der Waals surface area contributed by atoms with Crippen molar-refractivity contribution in [3.8, 4) is 0 Å². The fourth-order valence-electron chi connectivity index (χ4n) is 3.48. The summed E-state index contributed by atoms with van der Waals surface area (Å²) in [5, 5.41) is 3.55. The molecular formula is C21H26Cl2N2O2. The van der Waals surface area contributed by atoms with E-state index >= 15 is 0 Å². The maximum absolute atomic E-state index is 12.3. The molecule has 0 bridgehead atoms. The third-order valence-electron chi connectivity index (χ3n) is 5.09. The Morgan fingerprint density at radius 2 is 1.67 bits per heavy atom. The van der Waals surface area contributed by atoms with Crippen molar-refractivity contribution in [1.29, 1.82) is 0 Å². The van der Waals surface area contributed by atoms with Crippen molar-refractivity contribution < 1.29 is 26.4 Å². The molecule has 0 aliphatic carbocycles. The minimum Gasteiger partial charge on any atom is -1.00 e. The average molecular weight is 409 g/mol. The van der Waals surface area contributed by atoms with Crippen LogP contribution in [0.15, 0.2) is 48.5 Å². The normalized spacial score (nSPS) is 15.1. The van der Waals surface area contributed by atoms with Gasteiger partial charge in [0.25, 0.3) is 5.91 Å². The van der Waals surface area contributed by atoms with E-state index in [2.05, 4.69) is 31.5 Å². The van der Waals surface area contributed by atoms with Gasteiger partial charge in [-0.1, -0.05) is 23.7 Å². The fourth-order valence-corrected chi connectivity index (χ4v) is 3.61. The second kappa shape index (κ2) is 9.56. The monoisotopic (exact) mass is 408 g/mol. The second-order valence-electron chi connectivity index (χ2n) is 7.44. The second-order valence-corrected chi connectivity index (χ2v) is 7.87. The third-order valence-corrected chi connectivity index (χ3v) is 5.34. The Balaban J connectivity index is 0.00000261. The molecule has 0 unspecified atom stereocenters. The van der Waals surface area contributed by atoms with Crippen LogP contribution in [-0.4, -0.2) is 43.7 Å². The van der Waals surface area contributed by atoms with E-state index in [1.165, 1.54) is 5.56 Å². The van der Waals surface area contributed by atoms with Crippen LogP contribution in [0.25, 0.3) is 0 Å². The molecule has 0 atom stereocenters. The number of nitrogens with one attached hydrogen (secondary N) is 1. The van der Waals surface area contributed by atoms with Gasteiger partial charge in [-0.25, -0.2) is 0 Å². The molecule has 1 aliphatic rings. The summed E-state index contributed by atoms with van der Waals surface area (Å²) in [6, 6.07) is 15.6. The molecular weight excluding hydrogens is 383 g/mol. The van der Waals surface area contributed by atoms with Gasteiger partial charge in [-0.3, -0.25) is 4.79 Å². The number of amides is 1. The number of nitrogens with zero attached hydrogens (tertiary/aromatic N) is 1. The number of quaternary nitrogens is 1. The Kier molecular flexibility index (Phi) is 7.68. The van der Waals surface area contributed by atoms with Crippen LogP contribution >= 0.6 is 11.6 Å². The van der Waals surface area contributed by atoms with Gasteiger partial charge in [0.1, 0.15) is 6.54 Å². The van der Waals surface area contributed by atoms with E-state index in [-0.39, 0.29) is 18.3 Å². The van der Waals surface area contributed by atoms with Crippen molar-refractivity contribution in [2.75, 3.05) is 32.6 Å². The van der Waals surface area contributed by atoms with Gasteiger partial charge in [-0.2, -0.15) is 0 Å². The predicted octanol–water partition coefficient (Wildman–Crippen LogP) is 1.35. The van der Waals surface area contributed by atoms with Crippen LogP contribution in [0.2, 0.25) is 5.02 Å². The van der Waals surface area contributed by atoms with Gasteiger partial charge in [0.15, 0.2) is 0 Å². The zero-order valence-electron chi connectivity index (χ0n) is 15.8. The SMILES string of the molecule is C[N+](C)(Cc1ccc(NC(=O)c2ccc(Cl)cc2)cc1)C1CCOCC1.[Cl-]. The van der Waals surface area contributed by atoms with Crippen molar-refractivity contribution in [3.63, 3.8) is 0 Å². The summed E-state index contributed by atoms with van der Waals surface area (Å²) in [4.78, 5) is 12.3. The van der Waals surface area contributed by atoms with Gasteiger partial charge in [-0.05, 0) is 36.4 Å². The van der Waals surface area contributed by atoms with E-state index in [9.17, 15) is 4.79 Å². The standard InChI is InChI=1S/C21H25ClN2O2.ClH/c1-24(2,20-11-13-26-14-12-20)15-16-3-9-19(10-4-16)23-21(25)17-5-7-18(22)8-6-17;/h3-10,20H,11-15H2,1-2H3;1H. The maximum atomic E-state index is 12.3. The van der Waals surface area contributed by atoms with Crippen LogP contribution in [0, 0.1) is 0 Å². The zero-order chi connectivity index (χ0) is 18.6. The highest BCUT2D eigenvalue weighted by Crippen LogP contribution is 2.23. The Morgan fingerprint density at radius 1 is 1.07 bits per heavy atom. The smallest absolute Gasteiger partial charge is 0.255 e. The summed E-state index contributed by atoms with van der Waals surface area (Å²) >= 11 is 5.86. The molecule has 0 saturated carbocycles. The minimum absolute atomic E-state index is 0. The Labute approximate surface area is 172 Å². The maximum Gasteiger partial charge on any atom is 0.255 e. The molecule has 27 heavy (non-hydrogen) atoms. The Bertz CT molecular complexity index is 740. The van der Waals surface area contributed by atoms with Crippen molar-refractivity contribution >= 4 is 23.2 Å². The lowest BCUT2D eigenvalue weighted by Crippen LogP contribution is -3.00. The molecule has 1 fully saturated rings. The van der Waals surface area contributed by atoms with E-state index < -0.39 is 0 Å². The highest BCUT2D eigenvalue weighted by atomic mass is 35.5. The quantitative estimate of drug-likeness (QED) is 0.758. The van der Waals surface area contributed by atoms with Crippen LogP contribution in [-0.2, 0) is 11.3 Å². The summed E-state index contributed by atoms with van der Waals surface area (Å²) in [6.45, 7) is 2.69. The number of ether oxygens (including phenoxy) is 1. The number of hydrogen-bond donors (Lipinski definition) is 1. The first kappa shape index (κ1) is 21.7.